The van der Waals surface area contributed by atoms with E-state index in [4.69, 9.17) is 10.6 Å². The van der Waals surface area contributed by atoms with Crippen LogP contribution in [0.3, 0.4) is 0 Å². The van der Waals surface area contributed by atoms with E-state index in [1.54, 1.807) is 23.7 Å². The van der Waals surface area contributed by atoms with E-state index in [0.717, 1.165) is 5.69 Å². The van der Waals surface area contributed by atoms with Gasteiger partial charge in [0.15, 0.2) is 5.84 Å². The Morgan fingerprint density at radius 3 is 2.28 bits per heavy atom. The van der Waals surface area contributed by atoms with Crippen molar-refractivity contribution in [3.05, 3.63) is 83.2 Å². The SMILES string of the molecule is Cc1nn(-c2ccccc2)c(C)c1C(=O)O/N=C(/N)c1ccccc1. The summed E-state index contributed by atoms with van der Waals surface area (Å²) in [6, 6.07) is 18.7. The van der Waals surface area contributed by atoms with Crippen molar-refractivity contribution in [2.24, 2.45) is 10.9 Å². The Hall–Kier alpha value is -3.41. The smallest absolute Gasteiger partial charge is 0.369 e. The molecule has 0 aliphatic heterocycles. The molecule has 3 aromatic rings. The van der Waals surface area contributed by atoms with E-state index in [1.807, 2.05) is 55.5 Å². The van der Waals surface area contributed by atoms with Crippen LogP contribution in [-0.2, 0) is 4.84 Å². The molecule has 0 fully saturated rings. The van der Waals surface area contributed by atoms with Gasteiger partial charge in [-0.05, 0) is 26.0 Å². The molecule has 0 atom stereocenters. The Kier molecular flexibility index (Phi) is 4.61. The van der Waals surface area contributed by atoms with E-state index in [-0.39, 0.29) is 5.84 Å². The van der Waals surface area contributed by atoms with Crippen molar-refractivity contribution in [3.63, 3.8) is 0 Å². The molecule has 0 spiro atoms. The van der Waals surface area contributed by atoms with Crippen molar-refractivity contribution >= 4 is 11.8 Å². The van der Waals surface area contributed by atoms with Gasteiger partial charge in [0.1, 0.15) is 5.56 Å². The largest absolute Gasteiger partial charge is 0.380 e. The fourth-order valence-corrected chi connectivity index (χ4v) is 2.56. The lowest BCUT2D eigenvalue weighted by atomic mass is 10.2. The van der Waals surface area contributed by atoms with Crippen molar-refractivity contribution in [1.29, 1.82) is 0 Å². The summed E-state index contributed by atoms with van der Waals surface area (Å²) in [4.78, 5) is 17.5. The molecule has 0 saturated heterocycles. The average Bonchev–Trinajstić information content (AvgIpc) is 2.95. The first-order valence-corrected chi connectivity index (χ1v) is 7.80. The second-order valence-electron chi connectivity index (χ2n) is 5.51. The molecule has 2 N–H and O–H groups in total. The number of carbonyl (C=O) groups excluding carboxylic acids is 1. The molecule has 0 unspecified atom stereocenters. The Labute approximate surface area is 145 Å². The summed E-state index contributed by atoms with van der Waals surface area (Å²) in [6.07, 6.45) is 0. The molecule has 25 heavy (non-hydrogen) atoms. The molecule has 0 bridgehead atoms. The normalized spacial score (nSPS) is 11.4. The number of amidine groups is 1. The maximum Gasteiger partial charge on any atom is 0.369 e. The highest BCUT2D eigenvalue weighted by Crippen LogP contribution is 2.18. The van der Waals surface area contributed by atoms with Crippen LogP contribution in [0.2, 0.25) is 0 Å². The van der Waals surface area contributed by atoms with Crippen LogP contribution >= 0.6 is 0 Å². The molecule has 1 heterocycles. The first-order valence-electron chi connectivity index (χ1n) is 7.80. The zero-order chi connectivity index (χ0) is 17.8. The van der Waals surface area contributed by atoms with Crippen molar-refractivity contribution in [1.82, 2.24) is 9.78 Å². The van der Waals surface area contributed by atoms with Crippen LogP contribution in [0.25, 0.3) is 5.69 Å². The minimum Gasteiger partial charge on any atom is -0.380 e. The number of nitrogens with zero attached hydrogens (tertiary/aromatic N) is 3. The van der Waals surface area contributed by atoms with Crippen LogP contribution < -0.4 is 5.73 Å². The van der Waals surface area contributed by atoms with Crippen molar-refractivity contribution < 1.29 is 9.63 Å². The molecule has 126 valence electrons. The monoisotopic (exact) mass is 334 g/mol. The highest BCUT2D eigenvalue weighted by molar-refractivity contribution is 5.98. The van der Waals surface area contributed by atoms with Crippen LogP contribution in [-0.4, -0.2) is 21.6 Å². The van der Waals surface area contributed by atoms with Crippen LogP contribution in [0.15, 0.2) is 65.8 Å². The van der Waals surface area contributed by atoms with E-state index < -0.39 is 5.97 Å². The van der Waals surface area contributed by atoms with Crippen LogP contribution in [0.4, 0.5) is 0 Å². The van der Waals surface area contributed by atoms with Crippen molar-refractivity contribution in [2.45, 2.75) is 13.8 Å². The minimum atomic E-state index is -0.587. The number of hydrogen-bond donors (Lipinski definition) is 1. The van der Waals surface area contributed by atoms with Crippen LogP contribution in [0.5, 0.6) is 0 Å². The third-order valence-electron chi connectivity index (χ3n) is 3.79. The quantitative estimate of drug-likeness (QED) is 0.344. The van der Waals surface area contributed by atoms with Crippen LogP contribution in [0.1, 0.15) is 27.3 Å². The topological polar surface area (TPSA) is 82.5 Å². The Morgan fingerprint density at radius 2 is 1.64 bits per heavy atom. The molecule has 3 rings (SSSR count). The summed E-state index contributed by atoms with van der Waals surface area (Å²) in [5, 5.41) is 8.17. The first kappa shape index (κ1) is 16.4. The molecule has 2 aromatic carbocycles. The number of aryl methyl sites for hydroxylation is 1. The lowest BCUT2D eigenvalue weighted by Crippen LogP contribution is -2.15. The van der Waals surface area contributed by atoms with Gasteiger partial charge >= 0.3 is 5.97 Å². The second kappa shape index (κ2) is 7.00. The Bertz CT molecular complexity index is 915. The van der Waals surface area contributed by atoms with E-state index in [2.05, 4.69) is 10.3 Å². The van der Waals surface area contributed by atoms with Crippen molar-refractivity contribution in [3.8, 4) is 5.69 Å². The maximum absolute atomic E-state index is 12.4. The highest BCUT2D eigenvalue weighted by Gasteiger charge is 2.21. The van der Waals surface area contributed by atoms with E-state index >= 15 is 0 Å². The molecule has 1 aromatic heterocycles. The number of carbonyl (C=O) groups is 1. The predicted molar refractivity (Wildman–Crippen MR) is 95.6 cm³/mol. The molecule has 0 aliphatic rings. The van der Waals surface area contributed by atoms with Gasteiger partial charge in [-0.3, -0.25) is 0 Å². The lowest BCUT2D eigenvalue weighted by Gasteiger charge is -2.04. The molecule has 6 heteroatoms. The average molecular weight is 334 g/mol. The minimum absolute atomic E-state index is 0.139. The van der Waals surface area contributed by atoms with Crippen LogP contribution in [0, 0.1) is 13.8 Å². The molecular weight excluding hydrogens is 316 g/mol. The summed E-state index contributed by atoms with van der Waals surface area (Å²) in [6.45, 7) is 3.57. The number of para-hydroxylation sites is 1. The molecule has 0 radical (unpaired) electrons. The number of hydrogen-bond acceptors (Lipinski definition) is 4. The van der Waals surface area contributed by atoms with Gasteiger partial charge in [0.05, 0.1) is 17.1 Å². The van der Waals surface area contributed by atoms with Gasteiger partial charge in [-0.15, -0.1) is 0 Å². The maximum atomic E-state index is 12.4. The number of nitrogens with two attached hydrogens (primary N) is 1. The lowest BCUT2D eigenvalue weighted by molar-refractivity contribution is 0.0514. The predicted octanol–water partition coefficient (Wildman–Crippen LogP) is 2.97. The standard InChI is InChI=1S/C19H18N4O2/c1-13-17(14(2)23(21-13)16-11-7-4-8-12-16)19(24)25-22-18(20)15-9-5-3-6-10-15/h3-12H,1-2H3,(H2,20,22). The van der Waals surface area contributed by atoms with Gasteiger partial charge in [0, 0.05) is 5.56 Å². The highest BCUT2D eigenvalue weighted by atomic mass is 16.7. The Balaban J connectivity index is 1.85. The number of benzene rings is 2. The molecule has 0 amide bonds. The molecular formula is C19H18N4O2. The zero-order valence-corrected chi connectivity index (χ0v) is 14.0. The number of rotatable bonds is 4. The van der Waals surface area contributed by atoms with Crippen molar-refractivity contribution in [2.75, 3.05) is 0 Å². The molecule has 0 saturated carbocycles. The number of aromatic nitrogens is 2. The fraction of sp³-hybridized carbons (Fsp3) is 0.105. The third kappa shape index (κ3) is 3.42. The summed E-state index contributed by atoms with van der Waals surface area (Å²) >= 11 is 0. The van der Waals surface area contributed by atoms with Gasteiger partial charge in [0.25, 0.3) is 0 Å². The summed E-state index contributed by atoms with van der Waals surface area (Å²) in [5.41, 5.74) is 9.03. The zero-order valence-electron chi connectivity index (χ0n) is 14.0. The summed E-state index contributed by atoms with van der Waals surface area (Å²) in [7, 11) is 0. The van der Waals surface area contributed by atoms with Gasteiger partial charge in [-0.25, -0.2) is 9.48 Å². The van der Waals surface area contributed by atoms with Gasteiger partial charge in [-0.1, -0.05) is 53.7 Å². The molecule has 0 aliphatic carbocycles. The van der Waals surface area contributed by atoms with Gasteiger partial charge in [0.2, 0.25) is 0 Å². The van der Waals surface area contributed by atoms with E-state index in [1.165, 1.54) is 0 Å². The van der Waals surface area contributed by atoms with E-state index in [9.17, 15) is 4.79 Å². The summed E-state index contributed by atoms with van der Waals surface area (Å²) in [5.74, 6) is -0.448. The third-order valence-corrected chi connectivity index (χ3v) is 3.79. The van der Waals surface area contributed by atoms with Gasteiger partial charge in [-0.2, -0.15) is 5.10 Å². The second-order valence-corrected chi connectivity index (χ2v) is 5.51. The fourth-order valence-electron chi connectivity index (χ4n) is 2.56. The van der Waals surface area contributed by atoms with E-state index in [0.29, 0.717) is 22.5 Å². The molecule has 6 nitrogen and oxygen atoms in total. The first-order chi connectivity index (χ1) is 12.1. The number of oxime groups is 1. The summed E-state index contributed by atoms with van der Waals surface area (Å²) < 4.78 is 1.70. The Morgan fingerprint density at radius 1 is 1.04 bits per heavy atom. The van der Waals surface area contributed by atoms with Gasteiger partial charge < -0.3 is 10.6 Å².